The number of halogens is 4. The molecule has 2 aliphatic rings. The zero-order valence-corrected chi connectivity index (χ0v) is 22.1. The number of hydrogen-bond donors (Lipinski definition) is 2. The van der Waals surface area contributed by atoms with Crippen LogP contribution in [0.3, 0.4) is 0 Å². The highest BCUT2D eigenvalue weighted by molar-refractivity contribution is 6.32. The van der Waals surface area contributed by atoms with Gasteiger partial charge in [-0.25, -0.2) is 4.98 Å². The van der Waals surface area contributed by atoms with Crippen molar-refractivity contribution >= 4 is 29.2 Å². The number of piperidine rings is 1. The van der Waals surface area contributed by atoms with E-state index in [1.165, 1.54) is 23.1 Å². The summed E-state index contributed by atoms with van der Waals surface area (Å²) in [4.78, 5) is 31.9. The van der Waals surface area contributed by atoms with Gasteiger partial charge in [-0.2, -0.15) is 13.2 Å². The predicted molar refractivity (Wildman–Crippen MR) is 138 cm³/mol. The van der Waals surface area contributed by atoms with Crippen LogP contribution in [0.2, 0.25) is 5.15 Å². The SMILES string of the molecule is CN(C)C(=O)c1ccc(NCCC[C@H]2CC23CCN(C(=O)[C@](O)(c2ccccc2)C(F)(F)F)CC3)nc1Cl. The third-order valence-corrected chi connectivity index (χ3v) is 8.13. The van der Waals surface area contributed by atoms with Crippen molar-refractivity contribution in [3.63, 3.8) is 0 Å². The molecule has 1 aromatic heterocycles. The Labute approximate surface area is 225 Å². The van der Waals surface area contributed by atoms with Crippen LogP contribution in [0, 0.1) is 11.3 Å². The van der Waals surface area contributed by atoms with Crippen molar-refractivity contribution < 1.29 is 27.9 Å². The van der Waals surface area contributed by atoms with Gasteiger partial charge in [0.1, 0.15) is 11.0 Å². The van der Waals surface area contributed by atoms with E-state index in [1.54, 1.807) is 26.2 Å². The van der Waals surface area contributed by atoms with Gasteiger partial charge in [-0.15, -0.1) is 0 Å². The average Bonchev–Trinajstić information content (AvgIpc) is 3.56. The molecular weight excluding hydrogens is 521 g/mol. The highest BCUT2D eigenvalue weighted by Crippen LogP contribution is 2.61. The van der Waals surface area contributed by atoms with Gasteiger partial charge in [-0.05, 0) is 55.6 Å². The minimum atomic E-state index is -5.13. The molecule has 38 heavy (non-hydrogen) atoms. The first kappa shape index (κ1) is 28.2. The summed E-state index contributed by atoms with van der Waals surface area (Å²) < 4.78 is 41.7. The Morgan fingerprint density at radius 1 is 1.16 bits per heavy atom. The van der Waals surface area contributed by atoms with E-state index < -0.39 is 23.2 Å². The fourth-order valence-electron chi connectivity index (χ4n) is 5.42. The lowest BCUT2D eigenvalue weighted by Crippen LogP contribution is -2.57. The van der Waals surface area contributed by atoms with Crippen LogP contribution < -0.4 is 5.32 Å². The van der Waals surface area contributed by atoms with Crippen LogP contribution in [0.5, 0.6) is 0 Å². The molecule has 1 aromatic carbocycles. The molecular formula is C27H32ClF3N4O3. The second kappa shape index (κ2) is 10.7. The van der Waals surface area contributed by atoms with Crippen molar-refractivity contribution in [2.45, 2.75) is 43.9 Å². The first-order chi connectivity index (χ1) is 17.9. The smallest absolute Gasteiger partial charge is 0.370 e. The fourth-order valence-corrected chi connectivity index (χ4v) is 5.66. The standard InChI is InChI=1S/C27H32ClF3N4O3/c1-34(2)23(36)20-10-11-21(33-22(20)28)32-14-6-9-19-17-25(19)12-15-35(16-13-25)24(37)26(38,27(29,30)31)18-7-4-3-5-8-18/h3-5,7-8,10-11,19,38H,6,9,12-17H2,1-2H3,(H,32,33)/t19-,26+/m0/s1. The number of alkyl halides is 3. The van der Waals surface area contributed by atoms with E-state index in [9.17, 15) is 27.9 Å². The van der Waals surface area contributed by atoms with Crippen LogP contribution >= 0.6 is 11.6 Å². The number of carbonyl (C=O) groups excluding carboxylic acids is 2. The molecule has 206 valence electrons. The van der Waals surface area contributed by atoms with Crippen molar-refractivity contribution in [3.8, 4) is 0 Å². The molecule has 2 heterocycles. The third kappa shape index (κ3) is 5.47. The molecule has 4 rings (SSSR count). The zero-order valence-electron chi connectivity index (χ0n) is 21.4. The van der Waals surface area contributed by atoms with E-state index in [2.05, 4.69) is 10.3 Å². The van der Waals surface area contributed by atoms with E-state index in [0.29, 0.717) is 36.7 Å². The van der Waals surface area contributed by atoms with Crippen LogP contribution in [-0.2, 0) is 10.4 Å². The highest BCUT2D eigenvalue weighted by atomic mass is 35.5. The molecule has 0 unspecified atom stereocenters. The van der Waals surface area contributed by atoms with E-state index in [1.807, 2.05) is 0 Å². The fraction of sp³-hybridized carbons (Fsp3) is 0.519. The van der Waals surface area contributed by atoms with Crippen LogP contribution in [-0.4, -0.2) is 71.6 Å². The van der Waals surface area contributed by atoms with Crippen LogP contribution in [0.25, 0.3) is 0 Å². The molecule has 1 saturated heterocycles. The summed E-state index contributed by atoms with van der Waals surface area (Å²) in [6.45, 7) is 1.05. The summed E-state index contributed by atoms with van der Waals surface area (Å²) in [6, 6.07) is 9.90. The Balaban J connectivity index is 1.26. The Hall–Kier alpha value is -2.85. The molecule has 2 amide bonds. The van der Waals surface area contributed by atoms with E-state index in [4.69, 9.17) is 11.6 Å². The number of aliphatic hydroxyl groups is 1. The van der Waals surface area contributed by atoms with E-state index in [-0.39, 0.29) is 29.6 Å². The van der Waals surface area contributed by atoms with Gasteiger partial charge in [-0.1, -0.05) is 41.9 Å². The Kier molecular flexibility index (Phi) is 7.95. The number of carbonyl (C=O) groups is 2. The number of nitrogens with zero attached hydrogens (tertiary/aromatic N) is 3. The van der Waals surface area contributed by atoms with Gasteiger partial charge in [0.2, 0.25) is 0 Å². The quantitative estimate of drug-likeness (QED) is 0.366. The molecule has 0 bridgehead atoms. The molecule has 2 aromatic rings. The van der Waals surface area contributed by atoms with Gasteiger partial charge >= 0.3 is 6.18 Å². The minimum absolute atomic E-state index is 0.0512. The monoisotopic (exact) mass is 552 g/mol. The number of aromatic nitrogens is 1. The number of amides is 2. The molecule has 1 aliphatic carbocycles. The molecule has 2 atom stereocenters. The maximum absolute atomic E-state index is 13.9. The highest BCUT2D eigenvalue weighted by Gasteiger charge is 2.63. The maximum atomic E-state index is 13.9. The lowest BCUT2D eigenvalue weighted by Gasteiger charge is -2.39. The van der Waals surface area contributed by atoms with E-state index in [0.717, 1.165) is 36.3 Å². The molecule has 2 N–H and O–H groups in total. The molecule has 1 spiro atoms. The number of likely N-dealkylation sites (tertiary alicyclic amines) is 1. The van der Waals surface area contributed by atoms with Crippen molar-refractivity contribution in [2.75, 3.05) is 39.0 Å². The number of anilines is 1. The summed E-state index contributed by atoms with van der Waals surface area (Å²) in [5.74, 6) is -0.493. The van der Waals surface area contributed by atoms with Crippen LogP contribution in [0.15, 0.2) is 42.5 Å². The van der Waals surface area contributed by atoms with Gasteiger partial charge in [0.25, 0.3) is 17.4 Å². The predicted octanol–water partition coefficient (Wildman–Crippen LogP) is 4.71. The number of nitrogens with one attached hydrogen (secondary N) is 1. The zero-order chi connectivity index (χ0) is 27.7. The van der Waals surface area contributed by atoms with Gasteiger partial charge in [0, 0.05) is 39.3 Å². The van der Waals surface area contributed by atoms with Gasteiger partial charge in [-0.3, -0.25) is 9.59 Å². The largest absolute Gasteiger partial charge is 0.430 e. The van der Waals surface area contributed by atoms with Crippen molar-refractivity contribution in [1.82, 2.24) is 14.8 Å². The summed E-state index contributed by atoms with van der Waals surface area (Å²) in [7, 11) is 3.29. The van der Waals surface area contributed by atoms with Gasteiger partial charge < -0.3 is 20.2 Å². The minimum Gasteiger partial charge on any atom is -0.370 e. The summed E-state index contributed by atoms with van der Waals surface area (Å²) in [5, 5.41) is 14.0. The van der Waals surface area contributed by atoms with E-state index >= 15 is 0 Å². The summed E-state index contributed by atoms with van der Waals surface area (Å²) in [6.07, 6.45) is -1.08. The van der Waals surface area contributed by atoms with Crippen molar-refractivity contribution in [3.05, 3.63) is 58.7 Å². The first-order valence-corrected chi connectivity index (χ1v) is 13.0. The molecule has 1 saturated carbocycles. The Bertz CT molecular complexity index is 1170. The number of rotatable bonds is 8. The molecule has 2 fully saturated rings. The van der Waals surface area contributed by atoms with Crippen molar-refractivity contribution in [2.24, 2.45) is 11.3 Å². The maximum Gasteiger partial charge on any atom is 0.430 e. The normalized spacial score (nSPS) is 20.1. The molecule has 1 aliphatic heterocycles. The topological polar surface area (TPSA) is 85.8 Å². The lowest BCUT2D eigenvalue weighted by atomic mass is 9.86. The Morgan fingerprint density at radius 3 is 2.39 bits per heavy atom. The number of pyridine rings is 1. The summed E-state index contributed by atoms with van der Waals surface area (Å²) >= 11 is 6.16. The van der Waals surface area contributed by atoms with Gasteiger partial charge in [0.15, 0.2) is 0 Å². The second-order valence-electron chi connectivity index (χ2n) is 10.4. The van der Waals surface area contributed by atoms with Crippen molar-refractivity contribution in [1.29, 1.82) is 0 Å². The van der Waals surface area contributed by atoms with Crippen LogP contribution in [0.1, 0.15) is 48.0 Å². The Morgan fingerprint density at radius 2 is 1.82 bits per heavy atom. The average molecular weight is 553 g/mol. The van der Waals surface area contributed by atoms with Crippen LogP contribution in [0.4, 0.5) is 19.0 Å². The third-order valence-electron chi connectivity index (χ3n) is 7.84. The molecule has 7 nitrogen and oxygen atoms in total. The first-order valence-electron chi connectivity index (χ1n) is 12.6. The lowest BCUT2D eigenvalue weighted by molar-refractivity contribution is -0.262. The van der Waals surface area contributed by atoms with Gasteiger partial charge in [0.05, 0.1) is 5.56 Å². The molecule has 0 radical (unpaired) electrons. The second-order valence-corrected chi connectivity index (χ2v) is 10.8. The molecule has 11 heteroatoms. The number of hydrogen-bond acceptors (Lipinski definition) is 5. The summed E-state index contributed by atoms with van der Waals surface area (Å²) in [5.41, 5.74) is -3.63. The number of benzene rings is 1.